The maximum atomic E-state index is 11.3. The van der Waals surface area contributed by atoms with Crippen molar-refractivity contribution in [3.8, 4) is 11.1 Å². The lowest BCUT2D eigenvalue weighted by Crippen LogP contribution is -2.21. The molecule has 0 aliphatic heterocycles. The van der Waals surface area contributed by atoms with Crippen LogP contribution < -0.4 is 5.14 Å². The minimum atomic E-state index is -3.63. The summed E-state index contributed by atoms with van der Waals surface area (Å²) in [6.45, 7) is 1.72. The molecule has 0 saturated heterocycles. The quantitative estimate of drug-likeness (QED) is 0.680. The normalized spacial score (nSPS) is 11.7. The van der Waals surface area contributed by atoms with Crippen LogP contribution in [0.1, 0.15) is 11.1 Å². The fraction of sp³-hybridized carbons (Fsp3) is 0.182. The number of likely N-dealkylation sites (N-methyl/N-ethyl adjacent to an activating group) is 1. The molecular formula is C22H24N2O2S. The predicted molar refractivity (Wildman–Crippen MR) is 110 cm³/mol. The molecule has 0 heterocycles. The van der Waals surface area contributed by atoms with Gasteiger partial charge in [0.25, 0.3) is 0 Å². The maximum Gasteiger partial charge on any atom is 0.238 e. The van der Waals surface area contributed by atoms with E-state index in [9.17, 15) is 8.42 Å². The van der Waals surface area contributed by atoms with Crippen LogP contribution in [0.2, 0.25) is 0 Å². The molecule has 27 heavy (non-hydrogen) atoms. The van der Waals surface area contributed by atoms with Crippen molar-refractivity contribution in [3.05, 3.63) is 90.0 Å². The predicted octanol–water partition coefficient (Wildman–Crippen LogP) is 3.68. The molecule has 3 aromatic rings. The van der Waals surface area contributed by atoms with Crippen LogP contribution in [-0.4, -0.2) is 26.9 Å². The zero-order valence-electron chi connectivity index (χ0n) is 15.4. The third-order valence-corrected chi connectivity index (χ3v) is 5.51. The molecule has 0 fully saturated rings. The summed E-state index contributed by atoms with van der Waals surface area (Å²) in [7, 11) is -1.54. The first-order valence-electron chi connectivity index (χ1n) is 8.87. The second kappa shape index (κ2) is 8.48. The largest absolute Gasteiger partial charge is 0.302 e. The van der Waals surface area contributed by atoms with E-state index in [0.29, 0.717) is 0 Å². The zero-order valence-corrected chi connectivity index (χ0v) is 16.2. The molecule has 0 aromatic heterocycles. The van der Waals surface area contributed by atoms with Gasteiger partial charge in [-0.1, -0.05) is 66.7 Å². The van der Waals surface area contributed by atoms with Crippen molar-refractivity contribution >= 4 is 10.0 Å². The Hall–Kier alpha value is -2.47. The Morgan fingerprint density at radius 1 is 0.852 bits per heavy atom. The lowest BCUT2D eigenvalue weighted by Gasteiger charge is -2.19. The van der Waals surface area contributed by atoms with E-state index in [4.69, 9.17) is 5.14 Å². The molecule has 0 spiro atoms. The Morgan fingerprint density at radius 3 is 2.15 bits per heavy atom. The molecular weight excluding hydrogens is 356 g/mol. The molecule has 140 valence electrons. The van der Waals surface area contributed by atoms with Gasteiger partial charge in [0.2, 0.25) is 10.0 Å². The van der Waals surface area contributed by atoms with Crippen molar-refractivity contribution < 1.29 is 8.42 Å². The van der Waals surface area contributed by atoms with Crippen LogP contribution in [0.25, 0.3) is 11.1 Å². The van der Waals surface area contributed by atoms with Gasteiger partial charge < -0.3 is 4.90 Å². The molecule has 0 radical (unpaired) electrons. The van der Waals surface area contributed by atoms with Gasteiger partial charge in [-0.25, -0.2) is 13.6 Å². The van der Waals surface area contributed by atoms with Crippen LogP contribution in [0, 0.1) is 0 Å². The van der Waals surface area contributed by atoms with E-state index in [-0.39, 0.29) is 4.90 Å². The molecule has 0 amide bonds. The van der Waals surface area contributed by atoms with E-state index >= 15 is 0 Å². The second-order valence-corrected chi connectivity index (χ2v) is 8.26. The molecule has 2 N–H and O–H groups in total. The van der Waals surface area contributed by atoms with E-state index in [1.807, 2.05) is 18.2 Å². The van der Waals surface area contributed by atoms with Crippen molar-refractivity contribution in [2.24, 2.45) is 5.14 Å². The Kier molecular flexibility index (Phi) is 6.06. The Balaban J connectivity index is 1.64. The van der Waals surface area contributed by atoms with Crippen molar-refractivity contribution in [2.45, 2.75) is 17.9 Å². The highest BCUT2D eigenvalue weighted by molar-refractivity contribution is 7.89. The average molecular weight is 381 g/mol. The van der Waals surface area contributed by atoms with E-state index in [1.54, 1.807) is 12.1 Å². The van der Waals surface area contributed by atoms with Gasteiger partial charge in [0.05, 0.1) is 4.90 Å². The van der Waals surface area contributed by atoms with Crippen molar-refractivity contribution in [3.63, 3.8) is 0 Å². The SMILES string of the molecule is CN(CCc1ccc(S(N)(=O)=O)cc1)Cc1ccccc1-c1ccccc1. The number of hydrogen-bond acceptors (Lipinski definition) is 3. The standard InChI is InChI=1S/C22H24N2O2S/c1-24(16-15-18-11-13-21(14-12-18)27(23,25)26)17-20-9-5-6-10-22(20)19-7-3-2-4-8-19/h2-14H,15-17H2,1H3,(H2,23,25,26). The summed E-state index contributed by atoms with van der Waals surface area (Å²) in [5, 5.41) is 5.14. The van der Waals surface area contributed by atoms with E-state index < -0.39 is 10.0 Å². The lowest BCUT2D eigenvalue weighted by atomic mass is 9.99. The summed E-state index contributed by atoms with van der Waals surface area (Å²) in [6, 6.07) is 25.6. The first-order chi connectivity index (χ1) is 12.9. The monoisotopic (exact) mass is 380 g/mol. The number of sulfonamides is 1. The average Bonchev–Trinajstić information content (AvgIpc) is 2.67. The van der Waals surface area contributed by atoms with Crippen LogP contribution in [-0.2, 0) is 23.0 Å². The molecule has 0 saturated carbocycles. The number of hydrogen-bond donors (Lipinski definition) is 1. The number of rotatable bonds is 7. The maximum absolute atomic E-state index is 11.3. The molecule has 0 aliphatic carbocycles. The van der Waals surface area contributed by atoms with Gasteiger partial charge in [0, 0.05) is 13.1 Å². The number of benzene rings is 3. The molecule has 0 unspecified atom stereocenters. The van der Waals surface area contributed by atoms with Gasteiger partial charge in [-0.05, 0) is 47.9 Å². The number of nitrogens with two attached hydrogens (primary N) is 1. The van der Waals surface area contributed by atoms with Crippen LogP contribution >= 0.6 is 0 Å². The first kappa shape index (κ1) is 19.3. The zero-order chi connectivity index (χ0) is 19.3. The molecule has 3 rings (SSSR count). The third-order valence-electron chi connectivity index (χ3n) is 4.58. The summed E-state index contributed by atoms with van der Waals surface area (Å²) >= 11 is 0. The molecule has 3 aromatic carbocycles. The van der Waals surface area contributed by atoms with Crippen LogP contribution in [0.15, 0.2) is 83.8 Å². The van der Waals surface area contributed by atoms with Crippen molar-refractivity contribution in [1.82, 2.24) is 4.90 Å². The summed E-state index contributed by atoms with van der Waals surface area (Å²) in [4.78, 5) is 2.42. The van der Waals surface area contributed by atoms with Crippen molar-refractivity contribution in [2.75, 3.05) is 13.6 Å². The van der Waals surface area contributed by atoms with Gasteiger partial charge in [0.15, 0.2) is 0 Å². The smallest absolute Gasteiger partial charge is 0.238 e. The first-order valence-corrected chi connectivity index (χ1v) is 10.4. The van der Waals surface area contributed by atoms with Gasteiger partial charge >= 0.3 is 0 Å². The lowest BCUT2D eigenvalue weighted by molar-refractivity contribution is 0.331. The minimum Gasteiger partial charge on any atom is -0.302 e. The highest BCUT2D eigenvalue weighted by Gasteiger charge is 2.09. The van der Waals surface area contributed by atoms with Gasteiger partial charge in [0.1, 0.15) is 0 Å². The Bertz CT molecular complexity index is 984. The molecule has 4 nitrogen and oxygen atoms in total. The van der Waals surface area contributed by atoms with E-state index in [2.05, 4.69) is 60.5 Å². The summed E-state index contributed by atoms with van der Waals surface area (Å²) < 4.78 is 22.7. The van der Waals surface area contributed by atoms with E-state index in [1.165, 1.54) is 16.7 Å². The van der Waals surface area contributed by atoms with Gasteiger partial charge in [-0.2, -0.15) is 0 Å². The topological polar surface area (TPSA) is 63.4 Å². The van der Waals surface area contributed by atoms with Crippen LogP contribution in [0.3, 0.4) is 0 Å². The highest BCUT2D eigenvalue weighted by atomic mass is 32.2. The van der Waals surface area contributed by atoms with Crippen LogP contribution in [0.4, 0.5) is 0 Å². The molecule has 0 atom stereocenters. The summed E-state index contributed by atoms with van der Waals surface area (Å²) in [5.41, 5.74) is 4.85. The minimum absolute atomic E-state index is 0.149. The summed E-state index contributed by atoms with van der Waals surface area (Å²) in [5.74, 6) is 0. The molecule has 0 bridgehead atoms. The van der Waals surface area contributed by atoms with E-state index in [0.717, 1.165) is 25.1 Å². The van der Waals surface area contributed by atoms with Gasteiger partial charge in [-0.3, -0.25) is 0 Å². The fourth-order valence-electron chi connectivity index (χ4n) is 3.09. The third kappa shape index (κ3) is 5.26. The molecule has 5 heteroatoms. The highest BCUT2D eigenvalue weighted by Crippen LogP contribution is 2.24. The fourth-order valence-corrected chi connectivity index (χ4v) is 3.61. The van der Waals surface area contributed by atoms with Gasteiger partial charge in [-0.15, -0.1) is 0 Å². The Morgan fingerprint density at radius 2 is 1.48 bits per heavy atom. The summed E-state index contributed by atoms with van der Waals surface area (Å²) in [6.07, 6.45) is 0.842. The number of nitrogens with zero attached hydrogens (tertiary/aromatic N) is 1. The number of primary sulfonamides is 1. The van der Waals surface area contributed by atoms with Crippen LogP contribution in [0.5, 0.6) is 0 Å². The second-order valence-electron chi connectivity index (χ2n) is 6.70. The molecule has 0 aliphatic rings. The van der Waals surface area contributed by atoms with Crippen molar-refractivity contribution in [1.29, 1.82) is 0 Å². The Labute approximate surface area is 161 Å².